The monoisotopic (exact) mass is 678 g/mol. The van der Waals surface area contributed by atoms with Gasteiger partial charge in [-0.3, -0.25) is 14.4 Å². The van der Waals surface area contributed by atoms with Crippen LogP contribution in [0.1, 0.15) is 16.8 Å². The molecule has 1 amide bonds. The fourth-order valence-corrected chi connectivity index (χ4v) is 6.18. The molecule has 0 radical (unpaired) electrons. The molecule has 0 bridgehead atoms. The first-order valence-electron chi connectivity index (χ1n) is 16.0. The fraction of sp³-hybridized carbons (Fsp3) is 0.364. The molecule has 2 aliphatic rings. The van der Waals surface area contributed by atoms with Gasteiger partial charge in [0.05, 0.1) is 37.1 Å². The van der Waals surface area contributed by atoms with Gasteiger partial charge in [-0.05, 0) is 48.5 Å². The normalized spacial score (nSPS) is 16.0. The SMILES string of the molecule is Cn1nc(-c2ccc(F)cc2)c(-c2ccc3nc(NC(=O)c4ccnc(N5CCOCC5)c4)cn3n2)c1N1CCN(CCC(F)(F)F)CC1. The van der Waals surface area contributed by atoms with E-state index in [4.69, 9.17) is 14.9 Å². The van der Waals surface area contributed by atoms with E-state index in [1.165, 1.54) is 12.1 Å². The second kappa shape index (κ2) is 13.4. The van der Waals surface area contributed by atoms with Crippen molar-refractivity contribution in [2.75, 3.05) is 74.1 Å². The van der Waals surface area contributed by atoms with Crippen molar-refractivity contribution in [1.82, 2.24) is 34.3 Å². The lowest BCUT2D eigenvalue weighted by atomic mass is 10.0. The molecule has 2 aliphatic heterocycles. The Bertz CT molecular complexity index is 1950. The molecule has 5 aromatic rings. The van der Waals surface area contributed by atoms with Crippen LogP contribution in [0.4, 0.5) is 35.0 Å². The largest absolute Gasteiger partial charge is 0.390 e. The van der Waals surface area contributed by atoms with Crippen molar-refractivity contribution in [3.8, 4) is 22.5 Å². The lowest BCUT2D eigenvalue weighted by molar-refractivity contribution is -0.138. The molecule has 1 aromatic carbocycles. The summed E-state index contributed by atoms with van der Waals surface area (Å²) in [6.45, 7) is 4.41. The predicted molar refractivity (Wildman–Crippen MR) is 175 cm³/mol. The first kappa shape index (κ1) is 32.5. The molecule has 7 rings (SSSR count). The van der Waals surface area contributed by atoms with Gasteiger partial charge in [-0.25, -0.2) is 18.9 Å². The van der Waals surface area contributed by atoms with E-state index in [1.807, 2.05) is 4.90 Å². The van der Waals surface area contributed by atoms with Gasteiger partial charge >= 0.3 is 6.18 Å². The Morgan fingerprint density at radius 2 is 1.69 bits per heavy atom. The van der Waals surface area contributed by atoms with Crippen molar-refractivity contribution in [3.63, 3.8) is 0 Å². The number of hydrogen-bond donors (Lipinski definition) is 1. The summed E-state index contributed by atoms with van der Waals surface area (Å²) in [5, 5.41) is 12.5. The third kappa shape index (κ3) is 7.19. The highest BCUT2D eigenvalue weighted by Gasteiger charge is 2.31. The minimum Gasteiger partial charge on any atom is -0.378 e. The summed E-state index contributed by atoms with van der Waals surface area (Å²) in [6.07, 6.45) is -1.84. The number of halogens is 4. The van der Waals surface area contributed by atoms with Crippen molar-refractivity contribution in [1.29, 1.82) is 0 Å². The third-order valence-electron chi connectivity index (χ3n) is 8.68. The minimum absolute atomic E-state index is 0.0513. The number of pyridine rings is 1. The summed E-state index contributed by atoms with van der Waals surface area (Å²) in [7, 11) is 1.80. The maximum absolute atomic E-state index is 13.9. The molecule has 256 valence electrons. The number of aromatic nitrogens is 6. The maximum Gasteiger partial charge on any atom is 0.390 e. The van der Waals surface area contributed by atoms with Crippen molar-refractivity contribution in [3.05, 3.63) is 72.3 Å². The van der Waals surface area contributed by atoms with Crippen LogP contribution in [0.5, 0.6) is 0 Å². The Morgan fingerprint density at radius 3 is 2.43 bits per heavy atom. The van der Waals surface area contributed by atoms with E-state index in [0.29, 0.717) is 97.8 Å². The van der Waals surface area contributed by atoms with E-state index in [9.17, 15) is 22.4 Å². The minimum atomic E-state index is -4.21. The highest BCUT2D eigenvalue weighted by Crippen LogP contribution is 2.39. The number of benzene rings is 1. The zero-order chi connectivity index (χ0) is 34.1. The van der Waals surface area contributed by atoms with E-state index in [1.54, 1.807) is 65.0 Å². The first-order chi connectivity index (χ1) is 23.6. The molecule has 0 aliphatic carbocycles. The molecule has 6 heterocycles. The molecular formula is C33H34F4N10O2. The van der Waals surface area contributed by atoms with Gasteiger partial charge in [0.15, 0.2) is 11.5 Å². The molecule has 0 unspecified atom stereocenters. The number of aryl methyl sites for hydroxylation is 1. The maximum atomic E-state index is 13.9. The lowest BCUT2D eigenvalue weighted by Gasteiger charge is -2.36. The Balaban J connectivity index is 1.17. The van der Waals surface area contributed by atoms with Gasteiger partial charge in [-0.2, -0.15) is 23.4 Å². The molecule has 2 fully saturated rings. The van der Waals surface area contributed by atoms with Crippen LogP contribution in [0, 0.1) is 5.82 Å². The standard InChI is InChI=1S/C33H34F4N10O2/c1-43-32(46-14-12-44(13-15-46)11-9-33(35,36)37)29(30(42-43)22-2-4-24(34)5-3-22)25-6-7-27-39-26(21-47(27)41-25)40-31(48)23-8-10-38-28(20-23)45-16-18-49-19-17-45/h2-8,10,20-21H,9,11-19H2,1H3,(H,40,48). The number of piperazine rings is 1. The van der Waals surface area contributed by atoms with E-state index in [-0.39, 0.29) is 18.3 Å². The summed E-state index contributed by atoms with van der Waals surface area (Å²) in [6, 6.07) is 13.0. The number of morpholine rings is 1. The molecule has 12 nitrogen and oxygen atoms in total. The summed E-state index contributed by atoms with van der Waals surface area (Å²) in [5.41, 5.74) is 3.42. The highest BCUT2D eigenvalue weighted by atomic mass is 19.4. The van der Waals surface area contributed by atoms with Crippen molar-refractivity contribution >= 4 is 29.0 Å². The number of hydrogen-bond acceptors (Lipinski definition) is 9. The molecular weight excluding hydrogens is 644 g/mol. The van der Waals surface area contributed by atoms with Crippen LogP contribution < -0.4 is 15.1 Å². The number of amides is 1. The summed E-state index contributed by atoms with van der Waals surface area (Å²) in [5.74, 6) is 1.02. The fourth-order valence-electron chi connectivity index (χ4n) is 6.18. The smallest absolute Gasteiger partial charge is 0.378 e. The van der Waals surface area contributed by atoms with E-state index < -0.39 is 12.6 Å². The van der Waals surface area contributed by atoms with Crippen LogP contribution in [0.3, 0.4) is 0 Å². The second-order valence-corrected chi connectivity index (χ2v) is 12.0. The number of anilines is 3. The van der Waals surface area contributed by atoms with Crippen molar-refractivity contribution in [2.24, 2.45) is 7.05 Å². The number of carbonyl (C=O) groups excluding carboxylic acids is 1. The van der Waals surface area contributed by atoms with E-state index in [0.717, 1.165) is 5.82 Å². The van der Waals surface area contributed by atoms with Crippen LogP contribution in [0.2, 0.25) is 0 Å². The van der Waals surface area contributed by atoms with Crippen molar-refractivity contribution < 1.29 is 27.1 Å². The predicted octanol–water partition coefficient (Wildman–Crippen LogP) is 4.49. The Hall–Kier alpha value is -5.09. The van der Waals surface area contributed by atoms with Crippen LogP contribution in [-0.4, -0.2) is 105 Å². The van der Waals surface area contributed by atoms with Gasteiger partial charge in [0.25, 0.3) is 5.91 Å². The van der Waals surface area contributed by atoms with E-state index in [2.05, 4.69) is 25.1 Å². The van der Waals surface area contributed by atoms with Gasteiger partial charge in [-0.1, -0.05) is 0 Å². The number of nitrogens with zero attached hydrogens (tertiary/aromatic N) is 9. The Labute approximate surface area is 278 Å². The zero-order valence-electron chi connectivity index (χ0n) is 26.7. The molecule has 49 heavy (non-hydrogen) atoms. The lowest BCUT2D eigenvalue weighted by Crippen LogP contribution is -2.47. The molecule has 0 saturated carbocycles. The average Bonchev–Trinajstić information content (AvgIpc) is 3.67. The zero-order valence-corrected chi connectivity index (χ0v) is 26.7. The number of carbonyl (C=O) groups is 1. The number of imidazole rings is 1. The van der Waals surface area contributed by atoms with Gasteiger partial charge in [0.1, 0.15) is 23.1 Å². The molecule has 0 atom stereocenters. The summed E-state index contributed by atoms with van der Waals surface area (Å²) < 4.78 is 61.2. The first-order valence-corrected chi connectivity index (χ1v) is 16.0. The van der Waals surface area contributed by atoms with Gasteiger partial charge < -0.3 is 19.9 Å². The molecule has 16 heteroatoms. The molecule has 2 saturated heterocycles. The van der Waals surface area contributed by atoms with Crippen molar-refractivity contribution in [2.45, 2.75) is 12.6 Å². The van der Waals surface area contributed by atoms with Crippen LogP contribution in [0.25, 0.3) is 28.2 Å². The molecule has 4 aromatic heterocycles. The highest BCUT2D eigenvalue weighted by molar-refractivity contribution is 6.04. The summed E-state index contributed by atoms with van der Waals surface area (Å²) in [4.78, 5) is 28.1. The van der Waals surface area contributed by atoms with E-state index >= 15 is 0 Å². The molecule has 1 N–H and O–H groups in total. The van der Waals surface area contributed by atoms with Gasteiger partial charge in [-0.15, -0.1) is 0 Å². The quantitative estimate of drug-likeness (QED) is 0.238. The number of nitrogens with one attached hydrogen (secondary N) is 1. The number of alkyl halides is 3. The van der Waals surface area contributed by atoms with Gasteiger partial charge in [0, 0.05) is 70.2 Å². The Kier molecular flexibility index (Phi) is 8.90. The average molecular weight is 679 g/mol. The number of fused-ring (bicyclic) bond motifs is 1. The third-order valence-corrected chi connectivity index (χ3v) is 8.68. The topological polar surface area (TPSA) is 109 Å². The summed E-state index contributed by atoms with van der Waals surface area (Å²) >= 11 is 0. The number of ether oxygens (including phenoxy) is 1. The van der Waals surface area contributed by atoms with Crippen LogP contribution >= 0.6 is 0 Å². The second-order valence-electron chi connectivity index (χ2n) is 12.0. The molecule has 0 spiro atoms. The number of rotatable bonds is 8. The van der Waals surface area contributed by atoms with Gasteiger partial charge in [0.2, 0.25) is 0 Å². The Morgan fingerprint density at radius 1 is 0.939 bits per heavy atom. The van der Waals surface area contributed by atoms with Crippen LogP contribution in [0.15, 0.2) is 60.9 Å². The van der Waals surface area contributed by atoms with Crippen LogP contribution in [-0.2, 0) is 11.8 Å².